The zero-order chi connectivity index (χ0) is 17.3. The Morgan fingerprint density at radius 1 is 1.12 bits per heavy atom. The number of hydrogen-bond donors (Lipinski definition) is 1. The molecule has 1 aliphatic carbocycles. The molecule has 2 fully saturated rings. The SMILES string of the molecule is Cc1ccc(N(C)C2CCN(C(=O)C3CCC3C(=O)O)CC2)nn1. The van der Waals surface area contributed by atoms with Crippen molar-refractivity contribution >= 4 is 17.7 Å². The standard InChI is InChI=1S/C17H24N4O3/c1-11-3-6-15(19-18-11)20(2)12-7-9-21(10-8-12)16(22)13-4-5-14(13)17(23)24/h3,6,12-14H,4-5,7-10H2,1-2H3,(H,23,24). The van der Waals surface area contributed by atoms with Gasteiger partial charge >= 0.3 is 5.97 Å². The average Bonchev–Trinajstić information content (AvgIpc) is 2.53. The fraction of sp³-hybridized carbons (Fsp3) is 0.647. The zero-order valence-corrected chi connectivity index (χ0v) is 14.2. The van der Waals surface area contributed by atoms with Crippen LogP contribution < -0.4 is 4.90 Å². The van der Waals surface area contributed by atoms with Crippen molar-refractivity contribution in [1.82, 2.24) is 15.1 Å². The molecule has 7 nitrogen and oxygen atoms in total. The molecule has 0 spiro atoms. The largest absolute Gasteiger partial charge is 0.481 e. The van der Waals surface area contributed by atoms with Crippen LogP contribution in [0.5, 0.6) is 0 Å². The molecule has 1 aromatic rings. The van der Waals surface area contributed by atoms with Crippen molar-refractivity contribution in [1.29, 1.82) is 0 Å². The molecule has 0 aromatic carbocycles. The molecular formula is C17H24N4O3. The summed E-state index contributed by atoms with van der Waals surface area (Å²) in [6, 6.07) is 4.23. The molecule has 1 aliphatic heterocycles. The first-order valence-electron chi connectivity index (χ1n) is 8.52. The molecule has 130 valence electrons. The minimum absolute atomic E-state index is 0.0184. The van der Waals surface area contributed by atoms with Crippen molar-refractivity contribution in [2.45, 2.75) is 38.6 Å². The van der Waals surface area contributed by atoms with E-state index in [1.54, 1.807) is 0 Å². The smallest absolute Gasteiger partial charge is 0.307 e. The molecule has 0 bridgehead atoms. The van der Waals surface area contributed by atoms with Gasteiger partial charge in [0, 0.05) is 26.2 Å². The van der Waals surface area contributed by atoms with E-state index in [0.29, 0.717) is 32.0 Å². The lowest BCUT2D eigenvalue weighted by Crippen LogP contribution is -2.51. The normalized spacial score (nSPS) is 24.3. The van der Waals surface area contributed by atoms with Crippen molar-refractivity contribution in [2.75, 3.05) is 25.0 Å². The van der Waals surface area contributed by atoms with Crippen LogP contribution in [-0.4, -0.2) is 58.3 Å². The third-order valence-corrected chi connectivity index (χ3v) is 5.38. The second-order valence-electron chi connectivity index (χ2n) is 6.83. The highest BCUT2D eigenvalue weighted by atomic mass is 16.4. The molecule has 2 atom stereocenters. The molecule has 0 radical (unpaired) electrons. The number of piperidine rings is 1. The number of carbonyl (C=O) groups excluding carboxylic acids is 1. The number of carboxylic acids is 1. The van der Waals surface area contributed by atoms with Crippen molar-refractivity contribution < 1.29 is 14.7 Å². The lowest BCUT2D eigenvalue weighted by Gasteiger charge is -2.41. The van der Waals surface area contributed by atoms with Gasteiger partial charge in [-0.1, -0.05) is 0 Å². The molecule has 7 heteroatoms. The Hall–Kier alpha value is -2.18. The number of rotatable bonds is 4. The van der Waals surface area contributed by atoms with Crippen molar-refractivity contribution in [3.8, 4) is 0 Å². The van der Waals surface area contributed by atoms with Gasteiger partial charge in [0.25, 0.3) is 0 Å². The minimum Gasteiger partial charge on any atom is -0.481 e. The number of carbonyl (C=O) groups is 2. The van der Waals surface area contributed by atoms with E-state index in [2.05, 4.69) is 15.1 Å². The van der Waals surface area contributed by atoms with E-state index < -0.39 is 11.9 Å². The van der Waals surface area contributed by atoms with Crippen LogP contribution in [0, 0.1) is 18.8 Å². The quantitative estimate of drug-likeness (QED) is 0.895. The number of hydrogen-bond acceptors (Lipinski definition) is 5. The summed E-state index contributed by atoms with van der Waals surface area (Å²) in [7, 11) is 2.01. The first-order valence-corrected chi connectivity index (χ1v) is 8.52. The van der Waals surface area contributed by atoms with Gasteiger partial charge in [0.2, 0.25) is 5.91 Å². The molecule has 3 rings (SSSR count). The van der Waals surface area contributed by atoms with Crippen LogP contribution in [0.3, 0.4) is 0 Å². The Bertz CT molecular complexity index is 611. The van der Waals surface area contributed by atoms with Crippen LogP contribution in [-0.2, 0) is 9.59 Å². The number of aliphatic carboxylic acids is 1. The van der Waals surface area contributed by atoms with Gasteiger partial charge in [-0.15, -0.1) is 5.10 Å². The molecular weight excluding hydrogens is 308 g/mol. The third-order valence-electron chi connectivity index (χ3n) is 5.38. The topological polar surface area (TPSA) is 86.6 Å². The van der Waals surface area contributed by atoms with E-state index in [9.17, 15) is 9.59 Å². The Morgan fingerprint density at radius 2 is 1.79 bits per heavy atom. The van der Waals surface area contributed by atoms with Gasteiger partial charge in [0.15, 0.2) is 5.82 Å². The van der Waals surface area contributed by atoms with E-state index in [-0.39, 0.29) is 11.8 Å². The maximum atomic E-state index is 12.5. The predicted octanol–water partition coefficient (Wildman–Crippen LogP) is 1.32. The highest BCUT2D eigenvalue weighted by Crippen LogP contribution is 2.36. The van der Waals surface area contributed by atoms with Crippen LogP contribution in [0.1, 0.15) is 31.4 Å². The molecule has 2 unspecified atom stereocenters. The number of aryl methyl sites for hydroxylation is 1. The highest BCUT2D eigenvalue weighted by Gasteiger charge is 2.43. The molecule has 24 heavy (non-hydrogen) atoms. The van der Waals surface area contributed by atoms with E-state index in [1.807, 2.05) is 31.0 Å². The number of carboxylic acid groups (broad SMARTS) is 1. The van der Waals surface area contributed by atoms with Crippen LogP contribution >= 0.6 is 0 Å². The number of likely N-dealkylation sites (tertiary alicyclic amines) is 1. The first kappa shape index (κ1) is 16.7. The maximum Gasteiger partial charge on any atom is 0.307 e. The second-order valence-corrected chi connectivity index (χ2v) is 6.83. The lowest BCUT2D eigenvalue weighted by molar-refractivity contribution is -0.157. The van der Waals surface area contributed by atoms with E-state index in [4.69, 9.17) is 5.11 Å². The summed E-state index contributed by atoms with van der Waals surface area (Å²) >= 11 is 0. The van der Waals surface area contributed by atoms with Gasteiger partial charge in [-0.05, 0) is 44.7 Å². The summed E-state index contributed by atoms with van der Waals surface area (Å²) in [5.41, 5.74) is 0.890. The first-order chi connectivity index (χ1) is 11.5. The van der Waals surface area contributed by atoms with Crippen LogP contribution in [0.2, 0.25) is 0 Å². The predicted molar refractivity (Wildman–Crippen MR) is 88.6 cm³/mol. The van der Waals surface area contributed by atoms with Crippen molar-refractivity contribution in [2.24, 2.45) is 11.8 Å². The van der Waals surface area contributed by atoms with Gasteiger partial charge in [-0.2, -0.15) is 5.10 Å². The summed E-state index contributed by atoms with van der Waals surface area (Å²) < 4.78 is 0. The fourth-order valence-electron chi connectivity index (χ4n) is 3.57. The van der Waals surface area contributed by atoms with Gasteiger partial charge < -0.3 is 14.9 Å². The molecule has 1 amide bonds. The van der Waals surface area contributed by atoms with Crippen LogP contribution in [0.4, 0.5) is 5.82 Å². The highest BCUT2D eigenvalue weighted by molar-refractivity contribution is 5.86. The van der Waals surface area contributed by atoms with Gasteiger partial charge in [-0.3, -0.25) is 9.59 Å². The van der Waals surface area contributed by atoms with Crippen LogP contribution in [0.15, 0.2) is 12.1 Å². The summed E-state index contributed by atoms with van der Waals surface area (Å²) in [5, 5.41) is 17.4. The number of aromatic nitrogens is 2. The molecule has 2 aliphatic rings. The van der Waals surface area contributed by atoms with Crippen molar-refractivity contribution in [3.63, 3.8) is 0 Å². The Kier molecular flexibility index (Phi) is 4.69. The number of amides is 1. The Balaban J connectivity index is 1.55. The number of anilines is 1. The average molecular weight is 332 g/mol. The number of nitrogens with zero attached hydrogens (tertiary/aromatic N) is 4. The monoisotopic (exact) mass is 332 g/mol. The molecule has 1 saturated heterocycles. The zero-order valence-electron chi connectivity index (χ0n) is 14.2. The molecule has 1 N–H and O–H groups in total. The summed E-state index contributed by atoms with van der Waals surface area (Å²) in [5.74, 6) is -0.784. The minimum atomic E-state index is -0.841. The summed E-state index contributed by atoms with van der Waals surface area (Å²) in [4.78, 5) is 27.6. The van der Waals surface area contributed by atoms with Gasteiger partial charge in [0.1, 0.15) is 0 Å². The Morgan fingerprint density at radius 3 is 2.29 bits per heavy atom. The Labute approximate surface area is 141 Å². The molecule has 1 saturated carbocycles. The molecule has 2 heterocycles. The summed E-state index contributed by atoms with van der Waals surface area (Å²) in [6.07, 6.45) is 3.05. The van der Waals surface area contributed by atoms with E-state index >= 15 is 0 Å². The van der Waals surface area contributed by atoms with Gasteiger partial charge in [-0.25, -0.2) is 0 Å². The lowest BCUT2D eigenvalue weighted by atomic mass is 9.72. The maximum absolute atomic E-state index is 12.5. The van der Waals surface area contributed by atoms with Crippen LogP contribution in [0.25, 0.3) is 0 Å². The van der Waals surface area contributed by atoms with E-state index in [1.165, 1.54) is 0 Å². The van der Waals surface area contributed by atoms with Gasteiger partial charge in [0.05, 0.1) is 17.5 Å². The second kappa shape index (κ2) is 6.75. The molecule has 1 aromatic heterocycles. The third kappa shape index (κ3) is 3.20. The fourth-order valence-corrected chi connectivity index (χ4v) is 3.57. The van der Waals surface area contributed by atoms with E-state index in [0.717, 1.165) is 24.4 Å². The van der Waals surface area contributed by atoms with Crippen molar-refractivity contribution in [3.05, 3.63) is 17.8 Å². The summed E-state index contributed by atoms with van der Waals surface area (Å²) in [6.45, 7) is 3.26.